The normalized spacial score (nSPS) is 11.7. The predicted octanol–water partition coefficient (Wildman–Crippen LogP) is 0.585. The van der Waals surface area contributed by atoms with Gasteiger partial charge in [-0.25, -0.2) is 9.59 Å². The number of carbonyl (C=O) groups is 3. The van der Waals surface area contributed by atoms with E-state index in [4.69, 9.17) is 10.2 Å². The molecule has 0 radical (unpaired) electrons. The molecule has 0 saturated carbocycles. The van der Waals surface area contributed by atoms with Crippen molar-refractivity contribution in [1.29, 1.82) is 0 Å². The SMILES string of the molecule is CC(C)NC(=O)C(CCCCNC(=O)O)NC(=O)O. The molecule has 110 valence electrons. The van der Waals surface area contributed by atoms with Gasteiger partial charge in [0.25, 0.3) is 0 Å². The zero-order valence-electron chi connectivity index (χ0n) is 11.1. The van der Waals surface area contributed by atoms with Crippen LogP contribution in [-0.2, 0) is 4.79 Å². The highest BCUT2D eigenvalue weighted by Gasteiger charge is 2.20. The Morgan fingerprint density at radius 3 is 2.11 bits per heavy atom. The van der Waals surface area contributed by atoms with Crippen molar-refractivity contribution < 1.29 is 24.6 Å². The van der Waals surface area contributed by atoms with Gasteiger partial charge in [0.1, 0.15) is 6.04 Å². The third-order valence-corrected chi connectivity index (χ3v) is 2.24. The summed E-state index contributed by atoms with van der Waals surface area (Å²) in [5.41, 5.74) is 0. The van der Waals surface area contributed by atoms with Crippen LogP contribution < -0.4 is 16.0 Å². The molecule has 0 aliphatic heterocycles. The minimum absolute atomic E-state index is 0.0701. The van der Waals surface area contributed by atoms with E-state index < -0.39 is 18.2 Å². The standard InChI is InChI=1S/C11H21N3O5/c1-7(2)13-9(15)8(14-11(18)19)5-3-4-6-12-10(16)17/h7-8,12,14H,3-6H2,1-2H3,(H,13,15)(H,16,17)(H,18,19). The van der Waals surface area contributed by atoms with E-state index in [1.165, 1.54) is 0 Å². The van der Waals surface area contributed by atoms with Crippen LogP contribution in [0.15, 0.2) is 0 Å². The molecule has 0 rings (SSSR count). The summed E-state index contributed by atoms with van der Waals surface area (Å²) < 4.78 is 0. The van der Waals surface area contributed by atoms with Crippen molar-refractivity contribution in [1.82, 2.24) is 16.0 Å². The second-order valence-electron chi connectivity index (χ2n) is 4.39. The molecular formula is C11H21N3O5. The summed E-state index contributed by atoms with van der Waals surface area (Å²) >= 11 is 0. The summed E-state index contributed by atoms with van der Waals surface area (Å²) in [7, 11) is 0. The number of carbonyl (C=O) groups excluding carboxylic acids is 1. The molecule has 0 aliphatic carbocycles. The highest BCUT2D eigenvalue weighted by Crippen LogP contribution is 2.02. The van der Waals surface area contributed by atoms with E-state index in [1.807, 2.05) is 0 Å². The number of amides is 3. The van der Waals surface area contributed by atoms with Crippen LogP contribution in [-0.4, -0.2) is 46.9 Å². The number of rotatable bonds is 8. The summed E-state index contributed by atoms with van der Waals surface area (Å²) in [5, 5.41) is 24.0. The van der Waals surface area contributed by atoms with Gasteiger partial charge >= 0.3 is 12.2 Å². The molecule has 0 aliphatic rings. The third-order valence-electron chi connectivity index (χ3n) is 2.24. The Labute approximate surface area is 111 Å². The number of hydrogen-bond acceptors (Lipinski definition) is 3. The average molecular weight is 275 g/mol. The van der Waals surface area contributed by atoms with E-state index in [-0.39, 0.29) is 18.5 Å². The van der Waals surface area contributed by atoms with E-state index in [1.54, 1.807) is 13.8 Å². The van der Waals surface area contributed by atoms with Crippen molar-refractivity contribution >= 4 is 18.1 Å². The lowest BCUT2D eigenvalue weighted by molar-refractivity contribution is -0.123. The zero-order chi connectivity index (χ0) is 14.8. The first-order valence-corrected chi connectivity index (χ1v) is 6.09. The molecule has 1 atom stereocenters. The summed E-state index contributed by atoms with van der Waals surface area (Å²) in [6, 6.07) is -0.885. The maximum absolute atomic E-state index is 11.7. The van der Waals surface area contributed by atoms with Gasteiger partial charge in [0, 0.05) is 12.6 Å². The van der Waals surface area contributed by atoms with Crippen molar-refractivity contribution in [3.8, 4) is 0 Å². The Bertz CT molecular complexity index is 319. The quantitative estimate of drug-likeness (QED) is 0.414. The lowest BCUT2D eigenvalue weighted by atomic mass is 10.1. The lowest BCUT2D eigenvalue weighted by Crippen LogP contribution is -2.48. The first-order chi connectivity index (χ1) is 8.82. The Kier molecular flexibility index (Phi) is 8.07. The van der Waals surface area contributed by atoms with Gasteiger partial charge in [-0.05, 0) is 33.1 Å². The van der Waals surface area contributed by atoms with Gasteiger partial charge in [0.2, 0.25) is 5.91 Å². The van der Waals surface area contributed by atoms with Gasteiger partial charge in [-0.3, -0.25) is 4.79 Å². The first-order valence-electron chi connectivity index (χ1n) is 6.09. The van der Waals surface area contributed by atoms with Gasteiger partial charge in [-0.1, -0.05) is 0 Å². The third kappa shape index (κ3) is 9.69. The predicted molar refractivity (Wildman–Crippen MR) is 68.1 cm³/mol. The molecule has 0 bridgehead atoms. The summed E-state index contributed by atoms with van der Waals surface area (Å²) in [5.74, 6) is -0.372. The maximum Gasteiger partial charge on any atom is 0.405 e. The molecule has 1 unspecified atom stereocenters. The Hall–Kier alpha value is -1.99. The highest BCUT2D eigenvalue weighted by atomic mass is 16.4. The zero-order valence-corrected chi connectivity index (χ0v) is 11.1. The molecule has 8 heteroatoms. The van der Waals surface area contributed by atoms with Crippen LogP contribution in [0.3, 0.4) is 0 Å². The Balaban J connectivity index is 4.09. The number of nitrogens with one attached hydrogen (secondary N) is 3. The molecule has 0 saturated heterocycles. The smallest absolute Gasteiger partial charge is 0.405 e. The lowest BCUT2D eigenvalue weighted by Gasteiger charge is -2.18. The second-order valence-corrected chi connectivity index (χ2v) is 4.39. The highest BCUT2D eigenvalue weighted by molar-refractivity contribution is 5.85. The topological polar surface area (TPSA) is 128 Å². The van der Waals surface area contributed by atoms with Gasteiger partial charge in [0.15, 0.2) is 0 Å². The molecule has 0 aromatic carbocycles. The Morgan fingerprint density at radius 1 is 1.00 bits per heavy atom. The van der Waals surface area contributed by atoms with E-state index in [0.29, 0.717) is 19.3 Å². The van der Waals surface area contributed by atoms with Crippen LogP contribution in [0.4, 0.5) is 9.59 Å². The summed E-state index contributed by atoms with van der Waals surface area (Å²) in [4.78, 5) is 32.5. The second kappa shape index (κ2) is 9.01. The van der Waals surface area contributed by atoms with Crippen molar-refractivity contribution in [2.45, 2.75) is 45.2 Å². The molecule has 0 heterocycles. The fourth-order valence-corrected chi connectivity index (χ4v) is 1.47. The fourth-order valence-electron chi connectivity index (χ4n) is 1.47. The summed E-state index contributed by atoms with van der Waals surface area (Å²) in [6.45, 7) is 3.85. The molecule has 0 spiro atoms. The van der Waals surface area contributed by atoms with Gasteiger partial charge in [-0.15, -0.1) is 0 Å². The molecule has 0 aromatic heterocycles. The maximum atomic E-state index is 11.7. The van der Waals surface area contributed by atoms with Gasteiger partial charge < -0.3 is 26.2 Å². The van der Waals surface area contributed by atoms with Crippen molar-refractivity contribution in [2.24, 2.45) is 0 Å². The molecule has 19 heavy (non-hydrogen) atoms. The van der Waals surface area contributed by atoms with E-state index >= 15 is 0 Å². The van der Waals surface area contributed by atoms with Gasteiger partial charge in [-0.2, -0.15) is 0 Å². The van der Waals surface area contributed by atoms with Crippen LogP contribution in [0, 0.1) is 0 Å². The van der Waals surface area contributed by atoms with Crippen LogP contribution in [0.5, 0.6) is 0 Å². The van der Waals surface area contributed by atoms with Crippen LogP contribution in [0.2, 0.25) is 0 Å². The van der Waals surface area contributed by atoms with Crippen LogP contribution >= 0.6 is 0 Å². The van der Waals surface area contributed by atoms with E-state index in [0.717, 1.165) is 0 Å². The molecular weight excluding hydrogens is 254 g/mol. The molecule has 3 amide bonds. The number of carboxylic acid groups (broad SMARTS) is 2. The van der Waals surface area contributed by atoms with E-state index in [9.17, 15) is 14.4 Å². The van der Waals surface area contributed by atoms with Crippen LogP contribution in [0.1, 0.15) is 33.1 Å². The minimum atomic E-state index is -1.26. The van der Waals surface area contributed by atoms with Crippen molar-refractivity contribution in [3.63, 3.8) is 0 Å². The number of hydrogen-bond donors (Lipinski definition) is 5. The molecule has 5 N–H and O–H groups in total. The fraction of sp³-hybridized carbons (Fsp3) is 0.727. The summed E-state index contributed by atoms with van der Waals surface area (Å²) in [6.07, 6.45) is -0.951. The van der Waals surface area contributed by atoms with E-state index in [2.05, 4.69) is 16.0 Å². The first kappa shape index (κ1) is 17.0. The monoisotopic (exact) mass is 275 g/mol. The molecule has 0 aromatic rings. The minimum Gasteiger partial charge on any atom is -0.465 e. The Morgan fingerprint density at radius 2 is 1.63 bits per heavy atom. The van der Waals surface area contributed by atoms with Crippen molar-refractivity contribution in [3.05, 3.63) is 0 Å². The number of unbranched alkanes of at least 4 members (excludes halogenated alkanes) is 1. The largest absolute Gasteiger partial charge is 0.465 e. The van der Waals surface area contributed by atoms with Crippen LogP contribution in [0.25, 0.3) is 0 Å². The van der Waals surface area contributed by atoms with Crippen molar-refractivity contribution in [2.75, 3.05) is 6.54 Å². The van der Waals surface area contributed by atoms with Gasteiger partial charge in [0.05, 0.1) is 0 Å². The average Bonchev–Trinajstić information content (AvgIpc) is 2.25. The molecule has 8 nitrogen and oxygen atoms in total. The molecule has 0 fully saturated rings.